The number of aryl methyl sites for hydroxylation is 1. The number of nitrogens with one attached hydrogen (secondary N) is 1. The number of carbonyl (C=O) groups excluding carboxylic acids is 3. The summed E-state index contributed by atoms with van der Waals surface area (Å²) in [5.41, 5.74) is 1.72. The Hall–Kier alpha value is -3.79. The molecule has 10 heteroatoms. The van der Waals surface area contributed by atoms with Crippen LogP contribution in [0.3, 0.4) is 0 Å². The average molecular weight is 452 g/mol. The molecule has 0 atom stereocenters. The van der Waals surface area contributed by atoms with Crippen LogP contribution in [-0.2, 0) is 4.79 Å². The summed E-state index contributed by atoms with van der Waals surface area (Å²) in [5, 5.41) is 6.00. The first-order valence-corrected chi connectivity index (χ1v) is 10.4. The largest absolute Gasteiger partial charge is 0.350 e. The van der Waals surface area contributed by atoms with Crippen LogP contribution in [0, 0.1) is 12.7 Å². The number of hydrogen-bond donors (Lipinski definition) is 1. The van der Waals surface area contributed by atoms with E-state index in [0.717, 1.165) is 16.7 Å². The van der Waals surface area contributed by atoms with E-state index >= 15 is 0 Å². The van der Waals surface area contributed by atoms with Gasteiger partial charge in [-0.05, 0) is 66.7 Å². The summed E-state index contributed by atoms with van der Waals surface area (Å²) in [5.74, 6) is -0.292. The molecule has 0 spiro atoms. The van der Waals surface area contributed by atoms with Crippen LogP contribution in [0.15, 0.2) is 58.0 Å². The Morgan fingerprint density at radius 1 is 1.16 bits per heavy atom. The highest BCUT2D eigenvalue weighted by Crippen LogP contribution is 2.31. The molecule has 2 aromatic carbocycles. The van der Waals surface area contributed by atoms with Crippen LogP contribution in [0.2, 0.25) is 0 Å². The monoisotopic (exact) mass is 452 g/mol. The zero-order chi connectivity index (χ0) is 22.7. The van der Waals surface area contributed by atoms with Crippen molar-refractivity contribution in [1.82, 2.24) is 20.4 Å². The summed E-state index contributed by atoms with van der Waals surface area (Å²) < 4.78 is 18.1. The molecule has 3 amide bonds. The first kappa shape index (κ1) is 21.4. The van der Waals surface area contributed by atoms with Crippen LogP contribution < -0.4 is 5.32 Å². The lowest BCUT2D eigenvalue weighted by molar-refractivity contribution is -0.122. The number of hydrogen-bond acceptors (Lipinski definition) is 7. The molecule has 1 aliphatic heterocycles. The molecule has 1 aromatic heterocycles. The summed E-state index contributed by atoms with van der Waals surface area (Å²) >= 11 is 0.809. The second-order valence-electron chi connectivity index (χ2n) is 6.86. The zero-order valence-corrected chi connectivity index (χ0v) is 17.7. The van der Waals surface area contributed by atoms with Gasteiger partial charge in [0.25, 0.3) is 22.9 Å². The van der Waals surface area contributed by atoms with Crippen molar-refractivity contribution in [2.24, 2.45) is 0 Å². The van der Waals surface area contributed by atoms with Gasteiger partial charge in [-0.3, -0.25) is 19.3 Å². The van der Waals surface area contributed by atoms with Gasteiger partial charge in [0, 0.05) is 24.2 Å². The lowest BCUT2D eigenvalue weighted by atomic mass is 10.1. The Morgan fingerprint density at radius 2 is 1.88 bits per heavy atom. The quantitative estimate of drug-likeness (QED) is 0.569. The van der Waals surface area contributed by atoms with Gasteiger partial charge in [-0.25, -0.2) is 4.39 Å². The van der Waals surface area contributed by atoms with Crippen molar-refractivity contribution < 1.29 is 23.3 Å². The maximum absolute atomic E-state index is 13.0. The summed E-state index contributed by atoms with van der Waals surface area (Å²) in [6.45, 7) is 1.85. The number of nitrogens with zero attached hydrogens (tertiary/aromatic N) is 3. The van der Waals surface area contributed by atoms with Gasteiger partial charge < -0.3 is 9.84 Å². The predicted octanol–water partition coefficient (Wildman–Crippen LogP) is 3.65. The SMILES string of the molecule is Cc1noc(-c2ccc(C(=O)NCCN3C(=O)S/C(=C\c4ccc(F)cc4)C3=O)cc2)n1. The molecule has 1 saturated heterocycles. The number of halogens is 1. The molecule has 0 bridgehead atoms. The van der Waals surface area contributed by atoms with Crippen LogP contribution >= 0.6 is 11.8 Å². The second kappa shape index (κ2) is 9.15. The lowest BCUT2D eigenvalue weighted by Gasteiger charge is -2.13. The lowest BCUT2D eigenvalue weighted by Crippen LogP contribution is -2.37. The van der Waals surface area contributed by atoms with Crippen molar-refractivity contribution in [3.05, 3.63) is 76.2 Å². The Bertz CT molecular complexity index is 1210. The first-order chi connectivity index (χ1) is 15.4. The molecule has 3 aromatic rings. The van der Waals surface area contributed by atoms with Crippen molar-refractivity contribution >= 4 is 34.9 Å². The number of amides is 3. The fourth-order valence-corrected chi connectivity index (χ4v) is 3.83. The van der Waals surface area contributed by atoms with E-state index in [-0.39, 0.29) is 29.7 Å². The molecule has 162 valence electrons. The minimum absolute atomic E-state index is 0.0382. The summed E-state index contributed by atoms with van der Waals surface area (Å²) in [6.07, 6.45) is 1.54. The average Bonchev–Trinajstić information content (AvgIpc) is 3.33. The van der Waals surface area contributed by atoms with Crippen LogP contribution in [-0.4, -0.2) is 45.2 Å². The van der Waals surface area contributed by atoms with Crippen molar-refractivity contribution in [2.45, 2.75) is 6.92 Å². The number of benzene rings is 2. The third-order valence-corrected chi connectivity index (χ3v) is 5.49. The van der Waals surface area contributed by atoms with E-state index in [1.165, 1.54) is 30.3 Å². The Labute approximate surface area is 186 Å². The molecular formula is C22H17FN4O4S. The molecule has 0 saturated carbocycles. The highest BCUT2D eigenvalue weighted by Gasteiger charge is 2.34. The molecule has 0 aliphatic carbocycles. The van der Waals surface area contributed by atoms with Crippen LogP contribution in [0.5, 0.6) is 0 Å². The van der Waals surface area contributed by atoms with Crippen LogP contribution in [0.1, 0.15) is 21.7 Å². The molecule has 32 heavy (non-hydrogen) atoms. The normalized spacial score (nSPS) is 14.9. The Kier molecular flexibility index (Phi) is 6.13. The van der Waals surface area contributed by atoms with E-state index in [1.54, 1.807) is 31.2 Å². The minimum atomic E-state index is -0.447. The molecular weight excluding hydrogens is 435 g/mol. The fraction of sp³-hybridized carbons (Fsp3) is 0.136. The highest BCUT2D eigenvalue weighted by atomic mass is 32.2. The van der Waals surface area contributed by atoms with E-state index in [9.17, 15) is 18.8 Å². The summed E-state index contributed by atoms with van der Waals surface area (Å²) in [7, 11) is 0. The fourth-order valence-electron chi connectivity index (χ4n) is 2.96. The van der Waals surface area contributed by atoms with Crippen LogP contribution in [0.4, 0.5) is 9.18 Å². The zero-order valence-electron chi connectivity index (χ0n) is 16.9. The molecule has 8 nitrogen and oxygen atoms in total. The van der Waals surface area contributed by atoms with Gasteiger partial charge in [0.1, 0.15) is 5.82 Å². The molecule has 0 unspecified atom stereocenters. The van der Waals surface area contributed by atoms with E-state index < -0.39 is 11.1 Å². The van der Waals surface area contributed by atoms with Crippen molar-refractivity contribution in [2.75, 3.05) is 13.1 Å². The number of thioether (sulfide) groups is 1. The third-order valence-electron chi connectivity index (χ3n) is 4.58. The number of carbonyl (C=O) groups is 3. The summed E-state index contributed by atoms with van der Waals surface area (Å²) in [4.78, 5) is 42.5. The van der Waals surface area contributed by atoms with Gasteiger partial charge >= 0.3 is 0 Å². The third kappa shape index (κ3) is 4.75. The maximum Gasteiger partial charge on any atom is 0.293 e. The van der Waals surface area contributed by atoms with Gasteiger partial charge in [-0.15, -0.1) is 0 Å². The van der Waals surface area contributed by atoms with Crippen molar-refractivity contribution in [3.63, 3.8) is 0 Å². The van der Waals surface area contributed by atoms with Gasteiger partial charge in [-0.1, -0.05) is 17.3 Å². The number of imide groups is 1. The van der Waals surface area contributed by atoms with Gasteiger partial charge in [0.15, 0.2) is 5.82 Å². The standard InChI is InChI=1S/C22H17FN4O4S/c1-13-25-20(31-26-13)16-6-4-15(5-7-16)19(28)24-10-11-27-21(29)18(32-22(27)30)12-14-2-8-17(23)9-3-14/h2-9,12H,10-11H2,1H3,(H,24,28)/b18-12-. The van der Waals surface area contributed by atoms with E-state index in [4.69, 9.17) is 4.52 Å². The number of aromatic nitrogens is 2. The van der Waals surface area contributed by atoms with E-state index in [2.05, 4.69) is 15.5 Å². The highest BCUT2D eigenvalue weighted by molar-refractivity contribution is 8.18. The predicted molar refractivity (Wildman–Crippen MR) is 116 cm³/mol. The maximum atomic E-state index is 13.0. The first-order valence-electron chi connectivity index (χ1n) is 9.60. The van der Waals surface area contributed by atoms with E-state index in [1.807, 2.05) is 0 Å². The molecule has 4 rings (SSSR count). The molecule has 1 aliphatic rings. The summed E-state index contributed by atoms with van der Waals surface area (Å²) in [6, 6.07) is 12.2. The molecule has 2 heterocycles. The van der Waals surface area contributed by atoms with Crippen molar-refractivity contribution in [1.29, 1.82) is 0 Å². The van der Waals surface area contributed by atoms with Gasteiger partial charge in [-0.2, -0.15) is 4.98 Å². The molecule has 1 N–H and O–H groups in total. The Morgan fingerprint density at radius 3 is 2.53 bits per heavy atom. The minimum Gasteiger partial charge on any atom is -0.350 e. The molecule has 1 fully saturated rings. The van der Waals surface area contributed by atoms with Crippen LogP contribution in [0.25, 0.3) is 17.5 Å². The molecule has 0 radical (unpaired) electrons. The van der Waals surface area contributed by atoms with Gasteiger partial charge in [0.05, 0.1) is 4.91 Å². The number of rotatable bonds is 6. The van der Waals surface area contributed by atoms with Crippen molar-refractivity contribution in [3.8, 4) is 11.5 Å². The Balaban J connectivity index is 1.32. The second-order valence-corrected chi connectivity index (χ2v) is 7.86. The topological polar surface area (TPSA) is 105 Å². The van der Waals surface area contributed by atoms with E-state index in [0.29, 0.717) is 28.4 Å². The smallest absolute Gasteiger partial charge is 0.293 e. The van der Waals surface area contributed by atoms with Gasteiger partial charge in [0.2, 0.25) is 0 Å².